The van der Waals surface area contributed by atoms with Crippen molar-refractivity contribution >= 4 is 0 Å². The van der Waals surface area contributed by atoms with Crippen molar-refractivity contribution in [2.45, 2.75) is 40.0 Å². The first kappa shape index (κ1) is 9.96. The topological polar surface area (TPSA) is 12.0 Å². The maximum atomic E-state index is 3.35. The molecule has 1 aliphatic rings. The Kier molecular flexibility index (Phi) is 7.04. The molecule has 1 rings (SSSR count). The largest absolute Gasteiger partial charge is 0.317 e. The fourth-order valence-electron chi connectivity index (χ4n) is 1.29. The summed E-state index contributed by atoms with van der Waals surface area (Å²) in [6, 6.07) is 0. The maximum Gasteiger partial charge on any atom is -0.00463 e. The summed E-state index contributed by atoms with van der Waals surface area (Å²) in [7, 11) is 0. The van der Waals surface area contributed by atoms with Crippen LogP contribution in [0, 0.1) is 5.92 Å². The number of piperidine rings is 1. The van der Waals surface area contributed by atoms with Crippen molar-refractivity contribution in [3.05, 3.63) is 0 Å². The summed E-state index contributed by atoms with van der Waals surface area (Å²) in [6.45, 7) is 8.78. The zero-order chi connectivity index (χ0) is 7.82. The summed E-state index contributed by atoms with van der Waals surface area (Å²) in [5.41, 5.74) is 0. The van der Waals surface area contributed by atoms with Gasteiger partial charge in [-0.1, -0.05) is 27.2 Å². The van der Waals surface area contributed by atoms with Crippen LogP contribution in [0.5, 0.6) is 0 Å². The lowest BCUT2D eigenvalue weighted by molar-refractivity contribution is 0.365. The fourth-order valence-corrected chi connectivity index (χ4v) is 1.29. The molecule has 0 atom stereocenters. The Morgan fingerprint density at radius 1 is 1.20 bits per heavy atom. The third-order valence-electron chi connectivity index (χ3n) is 2.04. The van der Waals surface area contributed by atoms with Crippen molar-refractivity contribution in [3.8, 4) is 0 Å². The molecular weight excluding hydrogens is 122 g/mol. The van der Waals surface area contributed by atoms with Crippen molar-refractivity contribution in [1.29, 1.82) is 0 Å². The molecule has 0 aromatic carbocycles. The van der Waals surface area contributed by atoms with Gasteiger partial charge in [0.15, 0.2) is 0 Å². The molecule has 1 heteroatoms. The maximum absolute atomic E-state index is 3.35. The second-order valence-corrected chi connectivity index (χ2v) is 2.60. The molecule has 0 amide bonds. The van der Waals surface area contributed by atoms with Gasteiger partial charge in [-0.25, -0.2) is 0 Å². The Hall–Kier alpha value is -0.0400. The average molecular weight is 143 g/mol. The molecule has 0 bridgehead atoms. The average Bonchev–Trinajstić information content (AvgIpc) is 2.10. The van der Waals surface area contributed by atoms with E-state index in [1.54, 1.807) is 0 Å². The highest BCUT2D eigenvalue weighted by Crippen LogP contribution is 2.13. The van der Waals surface area contributed by atoms with E-state index < -0.39 is 0 Å². The van der Waals surface area contributed by atoms with Crippen molar-refractivity contribution in [1.82, 2.24) is 5.32 Å². The normalized spacial score (nSPS) is 19.5. The van der Waals surface area contributed by atoms with E-state index in [1.807, 2.05) is 13.8 Å². The zero-order valence-electron chi connectivity index (χ0n) is 7.61. The van der Waals surface area contributed by atoms with Gasteiger partial charge in [-0.3, -0.25) is 0 Å². The molecule has 1 N–H and O–H groups in total. The lowest BCUT2D eigenvalue weighted by atomic mass is 9.96. The predicted octanol–water partition coefficient (Wildman–Crippen LogP) is 2.42. The highest BCUT2D eigenvalue weighted by Gasteiger charge is 2.08. The van der Waals surface area contributed by atoms with E-state index in [-0.39, 0.29) is 0 Å². The van der Waals surface area contributed by atoms with Crippen LogP contribution in [0.2, 0.25) is 0 Å². The number of hydrogen-bond donors (Lipinski definition) is 1. The molecule has 0 radical (unpaired) electrons. The molecule has 1 heterocycles. The van der Waals surface area contributed by atoms with E-state index in [9.17, 15) is 0 Å². The molecule has 1 aliphatic heterocycles. The van der Waals surface area contributed by atoms with Crippen molar-refractivity contribution < 1.29 is 0 Å². The van der Waals surface area contributed by atoms with Crippen LogP contribution in [0.25, 0.3) is 0 Å². The Bertz CT molecular complexity index is 55.7. The molecule has 0 aromatic heterocycles. The highest BCUT2D eigenvalue weighted by molar-refractivity contribution is 4.66. The minimum absolute atomic E-state index is 1.02. The predicted molar refractivity (Wildman–Crippen MR) is 47.2 cm³/mol. The van der Waals surface area contributed by atoms with Gasteiger partial charge in [0.2, 0.25) is 0 Å². The SMILES string of the molecule is CC.CCC1CCNCC1. The van der Waals surface area contributed by atoms with Crippen LogP contribution in [0.4, 0.5) is 0 Å². The summed E-state index contributed by atoms with van der Waals surface area (Å²) in [4.78, 5) is 0. The second-order valence-electron chi connectivity index (χ2n) is 2.60. The monoisotopic (exact) mass is 143 g/mol. The van der Waals surface area contributed by atoms with Gasteiger partial charge in [0.1, 0.15) is 0 Å². The van der Waals surface area contributed by atoms with Gasteiger partial charge in [0.25, 0.3) is 0 Å². The van der Waals surface area contributed by atoms with E-state index in [0.717, 1.165) is 5.92 Å². The Labute approximate surface area is 65.2 Å². The fraction of sp³-hybridized carbons (Fsp3) is 1.00. The van der Waals surface area contributed by atoms with Crippen LogP contribution in [0.15, 0.2) is 0 Å². The van der Waals surface area contributed by atoms with E-state index in [4.69, 9.17) is 0 Å². The van der Waals surface area contributed by atoms with Crippen LogP contribution >= 0.6 is 0 Å². The lowest BCUT2D eigenvalue weighted by Crippen LogP contribution is -2.27. The van der Waals surface area contributed by atoms with Crippen molar-refractivity contribution in [2.24, 2.45) is 5.92 Å². The van der Waals surface area contributed by atoms with Crippen LogP contribution < -0.4 is 5.32 Å². The molecular formula is C9H21N. The second kappa shape index (κ2) is 7.07. The van der Waals surface area contributed by atoms with Crippen molar-refractivity contribution in [2.75, 3.05) is 13.1 Å². The van der Waals surface area contributed by atoms with Gasteiger partial charge in [0.05, 0.1) is 0 Å². The Morgan fingerprint density at radius 3 is 2.00 bits per heavy atom. The Morgan fingerprint density at radius 2 is 1.70 bits per heavy atom. The summed E-state index contributed by atoms with van der Waals surface area (Å²) in [5, 5.41) is 3.35. The molecule has 1 nitrogen and oxygen atoms in total. The van der Waals surface area contributed by atoms with Crippen LogP contribution in [-0.2, 0) is 0 Å². The van der Waals surface area contributed by atoms with Crippen molar-refractivity contribution in [3.63, 3.8) is 0 Å². The molecule has 1 fully saturated rings. The number of nitrogens with one attached hydrogen (secondary N) is 1. The van der Waals surface area contributed by atoms with Gasteiger partial charge in [-0.15, -0.1) is 0 Å². The molecule has 62 valence electrons. The summed E-state index contributed by atoms with van der Waals surface area (Å²) in [5.74, 6) is 1.02. The number of rotatable bonds is 1. The molecule has 0 aromatic rings. The molecule has 0 saturated carbocycles. The van der Waals surface area contributed by atoms with E-state index in [0.29, 0.717) is 0 Å². The summed E-state index contributed by atoms with van der Waals surface area (Å²) < 4.78 is 0. The van der Waals surface area contributed by atoms with E-state index in [1.165, 1.54) is 32.4 Å². The van der Waals surface area contributed by atoms with Gasteiger partial charge in [0, 0.05) is 0 Å². The quantitative estimate of drug-likeness (QED) is 0.594. The standard InChI is InChI=1S/C7H15N.C2H6/c1-2-7-3-5-8-6-4-7;1-2/h7-8H,2-6H2,1H3;1-2H3. The van der Waals surface area contributed by atoms with E-state index in [2.05, 4.69) is 12.2 Å². The van der Waals surface area contributed by atoms with Gasteiger partial charge in [-0.2, -0.15) is 0 Å². The molecule has 1 saturated heterocycles. The van der Waals surface area contributed by atoms with Crippen LogP contribution in [0.3, 0.4) is 0 Å². The van der Waals surface area contributed by atoms with E-state index >= 15 is 0 Å². The summed E-state index contributed by atoms with van der Waals surface area (Å²) in [6.07, 6.45) is 4.18. The smallest absolute Gasteiger partial charge is 0.00463 e. The Balaban J connectivity index is 0.000000371. The van der Waals surface area contributed by atoms with Gasteiger partial charge >= 0.3 is 0 Å². The molecule has 0 unspecified atom stereocenters. The first-order valence-corrected chi connectivity index (χ1v) is 4.64. The number of hydrogen-bond acceptors (Lipinski definition) is 1. The van der Waals surface area contributed by atoms with Crippen LogP contribution in [0.1, 0.15) is 40.0 Å². The molecule has 0 aliphatic carbocycles. The molecule has 10 heavy (non-hydrogen) atoms. The van der Waals surface area contributed by atoms with Gasteiger partial charge in [-0.05, 0) is 31.8 Å². The molecule has 0 spiro atoms. The third-order valence-corrected chi connectivity index (χ3v) is 2.04. The minimum Gasteiger partial charge on any atom is -0.317 e. The lowest BCUT2D eigenvalue weighted by Gasteiger charge is -2.20. The first-order chi connectivity index (χ1) is 4.93. The highest BCUT2D eigenvalue weighted by atomic mass is 14.9. The third kappa shape index (κ3) is 3.89. The van der Waals surface area contributed by atoms with Gasteiger partial charge < -0.3 is 5.32 Å². The minimum atomic E-state index is 1.02. The zero-order valence-corrected chi connectivity index (χ0v) is 7.61. The van der Waals surface area contributed by atoms with Crippen LogP contribution in [-0.4, -0.2) is 13.1 Å². The summed E-state index contributed by atoms with van der Waals surface area (Å²) >= 11 is 0. The first-order valence-electron chi connectivity index (χ1n) is 4.64.